The lowest BCUT2D eigenvalue weighted by atomic mass is 10.2. The third-order valence-electron chi connectivity index (χ3n) is 1.53. The van der Waals surface area contributed by atoms with Crippen molar-refractivity contribution in [3.05, 3.63) is 39.7 Å². The molecule has 0 N–H and O–H groups in total. The molecule has 0 aromatic heterocycles. The van der Waals surface area contributed by atoms with E-state index < -0.39 is 10.7 Å². The van der Waals surface area contributed by atoms with E-state index in [4.69, 9.17) is 0 Å². The summed E-state index contributed by atoms with van der Waals surface area (Å²) in [4.78, 5) is 10.1. The van der Waals surface area contributed by atoms with Gasteiger partial charge >= 0.3 is 0 Å². The molecule has 0 saturated carbocycles. The summed E-state index contributed by atoms with van der Waals surface area (Å²) in [5.41, 5.74) is 0.389. The Bertz CT molecular complexity index is 330. The summed E-state index contributed by atoms with van der Waals surface area (Å²) in [7, 11) is 0. The Morgan fingerprint density at radius 1 is 1.62 bits per heavy atom. The minimum absolute atomic E-state index is 0.328. The number of nitro groups is 1. The Balaban J connectivity index is 2.89. The molecule has 0 heterocycles. The van der Waals surface area contributed by atoms with Crippen LogP contribution < -0.4 is 0 Å². The maximum Gasteiger partial charge on any atom is 0.229 e. The number of thioether (sulfide) groups is 1. The Morgan fingerprint density at radius 3 is 2.77 bits per heavy atom. The second-order valence-corrected chi connectivity index (χ2v) is 3.31. The van der Waals surface area contributed by atoms with E-state index in [1.54, 1.807) is 18.4 Å². The second kappa shape index (κ2) is 4.23. The molecule has 0 amide bonds. The van der Waals surface area contributed by atoms with Crippen molar-refractivity contribution in [1.82, 2.24) is 0 Å². The van der Waals surface area contributed by atoms with E-state index >= 15 is 0 Å². The molecule has 0 unspecified atom stereocenters. The van der Waals surface area contributed by atoms with Crippen LogP contribution in [0.25, 0.3) is 0 Å². The first kappa shape index (κ1) is 9.98. The molecule has 0 aliphatic carbocycles. The summed E-state index contributed by atoms with van der Waals surface area (Å²) >= 11 is 1.28. The van der Waals surface area contributed by atoms with Gasteiger partial charge in [-0.25, -0.2) is 4.39 Å². The SMILES string of the molecule is CSc1ccc(C[N+](=O)[O-])cc1F. The van der Waals surface area contributed by atoms with Gasteiger partial charge in [0.15, 0.2) is 0 Å². The number of hydrogen-bond acceptors (Lipinski definition) is 3. The third kappa shape index (κ3) is 2.69. The van der Waals surface area contributed by atoms with Crippen molar-refractivity contribution in [2.24, 2.45) is 0 Å². The number of benzene rings is 1. The highest BCUT2D eigenvalue weighted by molar-refractivity contribution is 7.98. The highest BCUT2D eigenvalue weighted by Crippen LogP contribution is 2.20. The minimum atomic E-state index is -0.479. The summed E-state index contributed by atoms with van der Waals surface area (Å²) in [6, 6.07) is 4.32. The highest BCUT2D eigenvalue weighted by Gasteiger charge is 2.05. The molecule has 13 heavy (non-hydrogen) atoms. The van der Waals surface area contributed by atoms with Gasteiger partial charge in [0, 0.05) is 15.4 Å². The largest absolute Gasteiger partial charge is 0.264 e. The van der Waals surface area contributed by atoms with Gasteiger partial charge in [-0.05, 0) is 18.4 Å². The summed E-state index contributed by atoms with van der Waals surface area (Å²) < 4.78 is 13.1. The van der Waals surface area contributed by atoms with Crippen LogP contribution in [0.3, 0.4) is 0 Å². The fourth-order valence-corrected chi connectivity index (χ4v) is 1.42. The fraction of sp³-hybridized carbons (Fsp3) is 0.250. The van der Waals surface area contributed by atoms with Crippen LogP contribution in [0, 0.1) is 15.9 Å². The zero-order valence-corrected chi connectivity index (χ0v) is 7.81. The molecule has 3 nitrogen and oxygen atoms in total. The smallest absolute Gasteiger partial charge is 0.229 e. The van der Waals surface area contributed by atoms with Crippen molar-refractivity contribution in [3.63, 3.8) is 0 Å². The van der Waals surface area contributed by atoms with E-state index in [0.29, 0.717) is 10.5 Å². The van der Waals surface area contributed by atoms with Gasteiger partial charge in [0.2, 0.25) is 6.54 Å². The van der Waals surface area contributed by atoms with Crippen LogP contribution in [0.2, 0.25) is 0 Å². The van der Waals surface area contributed by atoms with Crippen LogP contribution in [-0.2, 0) is 6.54 Å². The van der Waals surface area contributed by atoms with Gasteiger partial charge in [0.05, 0.1) is 0 Å². The lowest BCUT2D eigenvalue weighted by Crippen LogP contribution is -1.98. The average molecular weight is 201 g/mol. The summed E-state index contributed by atoms with van der Waals surface area (Å²) in [5.74, 6) is -0.396. The number of rotatable bonds is 3. The van der Waals surface area contributed by atoms with E-state index in [1.165, 1.54) is 17.8 Å². The first-order chi connectivity index (χ1) is 6.13. The third-order valence-corrected chi connectivity index (χ3v) is 2.30. The highest BCUT2D eigenvalue weighted by atomic mass is 32.2. The molecule has 1 aromatic carbocycles. The molecule has 0 aliphatic rings. The molecule has 0 atom stereocenters. The van der Waals surface area contributed by atoms with Crippen molar-refractivity contribution in [2.75, 3.05) is 6.26 Å². The van der Waals surface area contributed by atoms with E-state index in [2.05, 4.69) is 0 Å². The first-order valence-corrected chi connectivity index (χ1v) is 4.80. The quantitative estimate of drug-likeness (QED) is 0.428. The van der Waals surface area contributed by atoms with Crippen LogP contribution in [0.4, 0.5) is 4.39 Å². The Labute approximate surface area is 79.1 Å². The van der Waals surface area contributed by atoms with E-state index in [9.17, 15) is 14.5 Å². The number of halogens is 1. The molecule has 1 aromatic rings. The molecule has 5 heteroatoms. The predicted octanol–water partition coefficient (Wildman–Crippen LogP) is 2.32. The maximum atomic E-state index is 13.1. The summed E-state index contributed by atoms with van der Waals surface area (Å²) in [6.45, 7) is -0.328. The minimum Gasteiger partial charge on any atom is -0.264 e. The fourth-order valence-electron chi connectivity index (χ4n) is 0.957. The van der Waals surface area contributed by atoms with E-state index in [0.717, 1.165) is 0 Å². The van der Waals surface area contributed by atoms with Crippen LogP contribution in [0.5, 0.6) is 0 Å². The monoisotopic (exact) mass is 201 g/mol. The van der Waals surface area contributed by atoms with Crippen molar-refractivity contribution < 1.29 is 9.31 Å². The molecule has 70 valence electrons. The first-order valence-electron chi connectivity index (χ1n) is 3.57. The van der Waals surface area contributed by atoms with Gasteiger partial charge in [0.1, 0.15) is 5.82 Å². The van der Waals surface area contributed by atoms with Crippen LogP contribution in [-0.4, -0.2) is 11.2 Å². The van der Waals surface area contributed by atoms with Crippen LogP contribution >= 0.6 is 11.8 Å². The Hall–Kier alpha value is -1.10. The average Bonchev–Trinajstić information content (AvgIpc) is 2.03. The number of hydrogen-bond donors (Lipinski definition) is 0. The van der Waals surface area contributed by atoms with Gasteiger partial charge < -0.3 is 0 Å². The zero-order chi connectivity index (χ0) is 9.84. The molecule has 1 rings (SSSR count). The Kier molecular flexibility index (Phi) is 3.25. The Morgan fingerprint density at radius 2 is 2.31 bits per heavy atom. The maximum absolute atomic E-state index is 13.1. The molecule has 0 saturated heterocycles. The molecule has 0 fully saturated rings. The predicted molar refractivity (Wildman–Crippen MR) is 48.9 cm³/mol. The second-order valence-electron chi connectivity index (χ2n) is 2.46. The topological polar surface area (TPSA) is 43.1 Å². The standard InChI is InChI=1S/C8H8FNO2S/c1-13-8-3-2-6(4-7(8)9)5-10(11)12/h2-4H,5H2,1H3. The molecule has 0 radical (unpaired) electrons. The van der Waals surface area contributed by atoms with Gasteiger partial charge in [-0.15, -0.1) is 11.8 Å². The molecule has 0 spiro atoms. The van der Waals surface area contributed by atoms with E-state index in [-0.39, 0.29) is 6.54 Å². The molecule has 0 bridgehead atoms. The zero-order valence-electron chi connectivity index (χ0n) is 6.99. The van der Waals surface area contributed by atoms with Crippen molar-refractivity contribution in [3.8, 4) is 0 Å². The van der Waals surface area contributed by atoms with Gasteiger partial charge in [-0.3, -0.25) is 10.1 Å². The van der Waals surface area contributed by atoms with Crippen LogP contribution in [0.15, 0.2) is 23.1 Å². The molecular weight excluding hydrogens is 193 g/mol. The van der Waals surface area contributed by atoms with Gasteiger partial charge in [-0.2, -0.15) is 0 Å². The van der Waals surface area contributed by atoms with Crippen molar-refractivity contribution in [2.45, 2.75) is 11.4 Å². The summed E-state index contributed by atoms with van der Waals surface area (Å²) in [6.07, 6.45) is 1.76. The van der Waals surface area contributed by atoms with E-state index in [1.807, 2.05) is 0 Å². The molecular formula is C8H8FNO2S. The van der Waals surface area contributed by atoms with Crippen LogP contribution in [0.1, 0.15) is 5.56 Å². The summed E-state index contributed by atoms with van der Waals surface area (Å²) in [5, 5.41) is 10.1. The van der Waals surface area contributed by atoms with Crippen molar-refractivity contribution in [1.29, 1.82) is 0 Å². The lowest BCUT2D eigenvalue weighted by Gasteiger charge is -2.00. The number of nitrogens with zero attached hydrogens (tertiary/aromatic N) is 1. The lowest BCUT2D eigenvalue weighted by molar-refractivity contribution is -0.496. The van der Waals surface area contributed by atoms with Crippen molar-refractivity contribution >= 4 is 11.8 Å². The van der Waals surface area contributed by atoms with Gasteiger partial charge in [-0.1, -0.05) is 6.07 Å². The van der Waals surface area contributed by atoms with Gasteiger partial charge in [0.25, 0.3) is 0 Å². The normalized spacial score (nSPS) is 10.0. The molecule has 0 aliphatic heterocycles.